The van der Waals surface area contributed by atoms with E-state index in [4.69, 9.17) is 0 Å². The van der Waals surface area contributed by atoms with Crippen molar-refractivity contribution in [2.45, 2.75) is 61.8 Å². The van der Waals surface area contributed by atoms with E-state index in [1.54, 1.807) is 17.2 Å². The summed E-state index contributed by atoms with van der Waals surface area (Å²) in [5.74, 6) is 0.914. The van der Waals surface area contributed by atoms with Crippen LogP contribution < -0.4 is 0 Å². The second-order valence-electron chi connectivity index (χ2n) is 6.10. The van der Waals surface area contributed by atoms with Crippen molar-refractivity contribution in [3.05, 3.63) is 23.2 Å². The number of aryl methyl sites for hydroxylation is 3. The molecule has 2 aromatic heterocycles. The zero-order valence-corrected chi connectivity index (χ0v) is 19.8. The first-order valence-corrected chi connectivity index (χ1v) is 10.2. The highest BCUT2D eigenvalue weighted by atomic mass is 32.1. The molecule has 4 rings (SSSR count). The van der Waals surface area contributed by atoms with E-state index in [9.17, 15) is 0 Å². The van der Waals surface area contributed by atoms with E-state index >= 15 is 0 Å². The largest absolute Gasteiger partial charge is 0.323 e. The Hall–Kier alpha value is -2.62. The lowest BCUT2D eigenvalue weighted by atomic mass is 10.2. The molecule has 0 saturated heterocycles. The average Bonchev–Trinajstić information content (AvgIpc) is 3.47. The van der Waals surface area contributed by atoms with Crippen LogP contribution in [0.2, 0.25) is 0 Å². The van der Waals surface area contributed by atoms with Gasteiger partial charge in [0.05, 0.1) is 12.2 Å². The average molecular weight is 420 g/mol. The first-order valence-electron chi connectivity index (χ1n) is 9.44. The Morgan fingerprint density at radius 2 is 1.41 bits per heavy atom. The van der Waals surface area contributed by atoms with E-state index in [-0.39, 0.29) is 0 Å². The molecule has 0 spiro atoms. The molecule has 29 heavy (non-hydrogen) atoms. The standard InChI is InChI=1S/2C5H8N2.C4H6N2S.C3H5N3.C2H6/c1-4-3-6-5(2)7-4;1-4-3-5(2)7-6-4;1-3-4(2)7-6-5-3;1-6-2-4-5-3-6;1-2/h2*3H2,1-2H3;1-2H3;2-3H,1H3;1-2H3. The topological polar surface area (TPSA) is 106 Å². The van der Waals surface area contributed by atoms with Crippen LogP contribution in [0.25, 0.3) is 0 Å². The van der Waals surface area contributed by atoms with E-state index in [0.717, 1.165) is 41.6 Å². The van der Waals surface area contributed by atoms with Gasteiger partial charge < -0.3 is 4.57 Å². The second kappa shape index (κ2) is 15.3. The van der Waals surface area contributed by atoms with Crippen molar-refractivity contribution in [1.82, 2.24) is 24.4 Å². The maximum Gasteiger partial charge on any atom is 0.120 e. The van der Waals surface area contributed by atoms with Crippen molar-refractivity contribution in [2.24, 2.45) is 27.2 Å². The molecule has 0 unspecified atom stereocenters. The minimum Gasteiger partial charge on any atom is -0.323 e. The van der Waals surface area contributed by atoms with Gasteiger partial charge in [-0.1, -0.05) is 18.3 Å². The number of aromatic nitrogens is 5. The Bertz CT molecular complexity index is 782. The molecule has 2 aromatic rings. The quantitative estimate of drug-likeness (QED) is 0.640. The number of amidine groups is 1. The van der Waals surface area contributed by atoms with E-state index in [2.05, 4.69) is 40.0 Å². The zero-order chi connectivity index (χ0) is 22.2. The summed E-state index contributed by atoms with van der Waals surface area (Å²) < 4.78 is 5.49. The van der Waals surface area contributed by atoms with E-state index < -0.39 is 0 Å². The van der Waals surface area contributed by atoms with Gasteiger partial charge in [-0.15, -0.1) is 15.3 Å². The van der Waals surface area contributed by atoms with Crippen molar-refractivity contribution >= 4 is 34.5 Å². The van der Waals surface area contributed by atoms with E-state index in [1.165, 1.54) is 16.4 Å². The molecule has 0 N–H and O–H groups in total. The third kappa shape index (κ3) is 13.2. The molecule has 0 fully saturated rings. The molecule has 10 heteroatoms. The molecular weight excluding hydrogens is 386 g/mol. The second-order valence-corrected chi connectivity index (χ2v) is 7.06. The lowest BCUT2D eigenvalue weighted by Crippen LogP contribution is -1.90. The van der Waals surface area contributed by atoms with E-state index in [1.807, 2.05) is 62.4 Å². The summed E-state index contributed by atoms with van der Waals surface area (Å²) in [5, 5.41) is 18.5. The summed E-state index contributed by atoms with van der Waals surface area (Å²) in [4.78, 5) is 9.29. The summed E-state index contributed by atoms with van der Waals surface area (Å²) in [5.41, 5.74) is 4.41. The molecule has 0 aromatic carbocycles. The van der Waals surface area contributed by atoms with Gasteiger partial charge >= 0.3 is 0 Å². The molecule has 2 aliphatic rings. The minimum atomic E-state index is 0.811. The molecule has 0 saturated carbocycles. The number of hydrogen-bond donors (Lipinski definition) is 0. The molecule has 0 bridgehead atoms. The van der Waals surface area contributed by atoms with Gasteiger partial charge in [0.15, 0.2) is 0 Å². The summed E-state index contributed by atoms with van der Waals surface area (Å²) >= 11 is 1.44. The smallest absolute Gasteiger partial charge is 0.120 e. The number of rotatable bonds is 0. The Labute approximate surface area is 178 Å². The summed E-state index contributed by atoms with van der Waals surface area (Å²) in [6, 6.07) is 0. The third-order valence-electron chi connectivity index (χ3n) is 3.20. The van der Waals surface area contributed by atoms with Gasteiger partial charge in [-0.25, -0.2) is 4.99 Å². The van der Waals surface area contributed by atoms with Crippen molar-refractivity contribution in [3.63, 3.8) is 0 Å². The molecular formula is C19H33N9S. The maximum absolute atomic E-state index is 4.06. The van der Waals surface area contributed by atoms with Crippen LogP contribution >= 0.6 is 11.5 Å². The van der Waals surface area contributed by atoms with Crippen molar-refractivity contribution in [2.75, 3.05) is 6.54 Å². The predicted molar refractivity (Wildman–Crippen MR) is 124 cm³/mol. The van der Waals surface area contributed by atoms with Crippen LogP contribution in [0.4, 0.5) is 0 Å². The molecule has 0 amide bonds. The van der Waals surface area contributed by atoms with Gasteiger partial charge in [0.2, 0.25) is 0 Å². The van der Waals surface area contributed by atoms with Crippen LogP contribution in [-0.4, -0.2) is 53.9 Å². The van der Waals surface area contributed by atoms with E-state index in [0.29, 0.717) is 0 Å². The van der Waals surface area contributed by atoms with Crippen LogP contribution in [0.3, 0.4) is 0 Å². The van der Waals surface area contributed by atoms with Crippen molar-refractivity contribution in [1.29, 1.82) is 0 Å². The summed E-state index contributed by atoms with van der Waals surface area (Å²) in [7, 11) is 1.88. The minimum absolute atomic E-state index is 0.811. The van der Waals surface area contributed by atoms with Gasteiger partial charge in [-0.05, 0) is 53.1 Å². The molecule has 0 atom stereocenters. The molecule has 160 valence electrons. The molecule has 4 heterocycles. The molecule has 9 nitrogen and oxygen atoms in total. The number of hydrogen-bond acceptors (Lipinski definition) is 9. The van der Waals surface area contributed by atoms with Gasteiger partial charge in [0, 0.05) is 35.5 Å². The van der Waals surface area contributed by atoms with Crippen molar-refractivity contribution in [3.8, 4) is 0 Å². The lowest BCUT2D eigenvalue weighted by Gasteiger charge is -1.80. The fourth-order valence-electron chi connectivity index (χ4n) is 1.72. The van der Waals surface area contributed by atoms with Crippen LogP contribution in [0.15, 0.2) is 32.8 Å². The van der Waals surface area contributed by atoms with Gasteiger partial charge in [0.1, 0.15) is 18.5 Å². The van der Waals surface area contributed by atoms with Crippen LogP contribution in [0, 0.1) is 13.8 Å². The normalized spacial score (nSPS) is 13.6. The van der Waals surface area contributed by atoms with Gasteiger partial charge in [-0.3, -0.25) is 4.99 Å². The summed E-state index contributed by atoms with van der Waals surface area (Å²) in [6.07, 6.45) is 4.25. The summed E-state index contributed by atoms with van der Waals surface area (Å²) in [6.45, 7) is 16.7. The highest BCUT2D eigenvalue weighted by molar-refractivity contribution is 7.05. The van der Waals surface area contributed by atoms with Crippen molar-refractivity contribution < 1.29 is 0 Å². The Morgan fingerprint density at radius 1 is 0.862 bits per heavy atom. The molecule has 0 aliphatic carbocycles. The SMILES string of the molecule is CC.CC1=NC(C)=NC1.CC1=NN=C(C)C1.Cc1nnsc1C.Cn1cnnc1. The highest BCUT2D eigenvalue weighted by Gasteiger charge is 2.00. The fourth-order valence-corrected chi connectivity index (χ4v) is 2.18. The lowest BCUT2D eigenvalue weighted by molar-refractivity contribution is 0.910. The zero-order valence-electron chi connectivity index (χ0n) is 19.0. The third-order valence-corrected chi connectivity index (χ3v) is 3.94. The first kappa shape index (κ1) is 26.4. The van der Waals surface area contributed by atoms with Gasteiger partial charge in [0.25, 0.3) is 0 Å². The predicted octanol–water partition coefficient (Wildman–Crippen LogP) is 4.10. The Kier molecular flexibility index (Phi) is 13.9. The maximum atomic E-state index is 4.06. The number of nitrogens with zero attached hydrogens (tertiary/aromatic N) is 9. The number of aliphatic imine (C=N–C) groups is 2. The van der Waals surface area contributed by atoms with Crippen LogP contribution in [0.5, 0.6) is 0 Å². The fraction of sp³-hybridized carbons (Fsp3) is 0.579. The highest BCUT2D eigenvalue weighted by Crippen LogP contribution is 2.04. The first-order chi connectivity index (χ1) is 13.8. The van der Waals surface area contributed by atoms with Gasteiger partial charge in [-0.2, -0.15) is 10.2 Å². The van der Waals surface area contributed by atoms with Crippen LogP contribution in [0.1, 0.15) is 58.5 Å². The molecule has 2 aliphatic heterocycles. The van der Waals surface area contributed by atoms with Crippen LogP contribution in [-0.2, 0) is 7.05 Å². The monoisotopic (exact) mass is 419 g/mol. The Morgan fingerprint density at radius 3 is 1.55 bits per heavy atom. The molecule has 0 radical (unpaired) electrons. The Balaban J connectivity index is 0.000000351.